The number of pyridine rings is 1. The lowest BCUT2D eigenvalue weighted by atomic mass is 9.66. The molecule has 3 fully saturated rings. The Balaban J connectivity index is 1.29. The molecule has 1 aromatic rings. The van der Waals surface area contributed by atoms with Gasteiger partial charge in [0.2, 0.25) is 0 Å². The van der Waals surface area contributed by atoms with Gasteiger partial charge in [0.15, 0.2) is 0 Å². The zero-order valence-corrected chi connectivity index (χ0v) is 16.9. The van der Waals surface area contributed by atoms with Crippen LogP contribution in [-0.2, 0) is 13.0 Å². The summed E-state index contributed by atoms with van der Waals surface area (Å²) in [6, 6.07) is 3.44. The maximum atomic E-state index is 11.7. The van der Waals surface area contributed by atoms with Crippen LogP contribution in [0.5, 0.6) is 0 Å². The molecule has 6 heteroatoms. The van der Waals surface area contributed by atoms with Crippen LogP contribution < -0.4 is 5.48 Å². The molecule has 1 aromatic heterocycles. The molecule has 0 bridgehead atoms. The van der Waals surface area contributed by atoms with Crippen LogP contribution in [0.4, 0.5) is 0 Å². The second kappa shape index (κ2) is 7.08. The number of hydroxylamine groups is 1. The summed E-state index contributed by atoms with van der Waals surface area (Å²) >= 11 is 0. The third-order valence-corrected chi connectivity index (χ3v) is 7.92. The Bertz CT molecular complexity index is 757. The van der Waals surface area contributed by atoms with Crippen molar-refractivity contribution in [2.45, 2.75) is 70.5 Å². The number of carbonyl (C=O) groups is 1. The molecule has 6 nitrogen and oxygen atoms in total. The van der Waals surface area contributed by atoms with Crippen molar-refractivity contribution in [1.29, 1.82) is 0 Å². The Hall–Kier alpha value is -1.50. The molecule has 0 aromatic carbocycles. The van der Waals surface area contributed by atoms with Crippen LogP contribution in [0.2, 0.25) is 0 Å². The van der Waals surface area contributed by atoms with E-state index in [1.807, 2.05) is 6.07 Å². The number of nitrogens with one attached hydrogen (secondary N) is 1. The van der Waals surface area contributed by atoms with Crippen molar-refractivity contribution >= 4 is 5.91 Å². The first-order valence-electron chi connectivity index (χ1n) is 11.0. The molecule has 1 spiro atoms. The molecule has 2 N–H and O–H groups in total. The van der Waals surface area contributed by atoms with Gasteiger partial charge in [-0.3, -0.25) is 24.8 Å². The van der Waals surface area contributed by atoms with E-state index in [-0.39, 0.29) is 0 Å². The molecule has 28 heavy (non-hydrogen) atoms. The Morgan fingerprint density at radius 1 is 1.21 bits per heavy atom. The fraction of sp³-hybridized carbons (Fsp3) is 0.727. The van der Waals surface area contributed by atoms with E-state index in [0.717, 1.165) is 42.7 Å². The van der Waals surface area contributed by atoms with Crippen LogP contribution in [0.25, 0.3) is 0 Å². The largest absolute Gasteiger partial charge is 0.299 e. The standard InChI is InChI=1S/C22H32N4O2/c1-15-3-2-4-19(10-22(15)13-26(14-22)18-5-6-18)25-8-7-16-9-17(21(27)24-28)11-23-20(16)12-25/h9,11,15,18-19,28H,2-8,10,12-14H2,1H3,(H,24,27)/t15-,19-/m0/s1. The molecule has 2 aliphatic carbocycles. The molecule has 1 saturated heterocycles. The first-order valence-corrected chi connectivity index (χ1v) is 11.0. The van der Waals surface area contributed by atoms with Crippen LogP contribution in [-0.4, -0.2) is 57.6 Å². The van der Waals surface area contributed by atoms with Gasteiger partial charge < -0.3 is 0 Å². The summed E-state index contributed by atoms with van der Waals surface area (Å²) in [6.07, 6.45) is 10.7. The molecule has 2 saturated carbocycles. The van der Waals surface area contributed by atoms with Crippen LogP contribution in [0.15, 0.2) is 12.3 Å². The van der Waals surface area contributed by atoms with Gasteiger partial charge in [0.05, 0.1) is 11.3 Å². The number of rotatable bonds is 3. The smallest absolute Gasteiger partial charge is 0.276 e. The Labute approximate surface area is 167 Å². The van der Waals surface area contributed by atoms with Crippen molar-refractivity contribution in [2.24, 2.45) is 11.3 Å². The third-order valence-electron chi connectivity index (χ3n) is 7.92. The lowest BCUT2D eigenvalue weighted by molar-refractivity contribution is -0.0654. The molecule has 3 heterocycles. The van der Waals surface area contributed by atoms with Gasteiger partial charge in [0.25, 0.3) is 5.91 Å². The zero-order chi connectivity index (χ0) is 19.3. The highest BCUT2D eigenvalue weighted by atomic mass is 16.5. The molecule has 4 aliphatic rings. The molecule has 5 rings (SSSR count). The molecular formula is C22H32N4O2. The molecule has 1 amide bonds. The minimum Gasteiger partial charge on any atom is -0.299 e. The van der Waals surface area contributed by atoms with Crippen molar-refractivity contribution in [3.8, 4) is 0 Å². The number of hydrogen-bond acceptors (Lipinski definition) is 5. The fourth-order valence-electron chi connectivity index (χ4n) is 5.88. The van der Waals surface area contributed by atoms with Crippen molar-refractivity contribution in [2.75, 3.05) is 19.6 Å². The van der Waals surface area contributed by atoms with Crippen molar-refractivity contribution in [3.05, 3.63) is 29.1 Å². The van der Waals surface area contributed by atoms with Crippen LogP contribution in [0, 0.1) is 11.3 Å². The fourth-order valence-corrected chi connectivity index (χ4v) is 5.88. The van der Waals surface area contributed by atoms with E-state index >= 15 is 0 Å². The number of nitrogens with zero attached hydrogens (tertiary/aromatic N) is 3. The van der Waals surface area contributed by atoms with Crippen LogP contribution >= 0.6 is 0 Å². The number of likely N-dealkylation sites (tertiary alicyclic amines) is 1. The predicted molar refractivity (Wildman–Crippen MR) is 106 cm³/mol. The Kier molecular flexibility index (Phi) is 4.68. The SMILES string of the molecule is C[C@H]1CCC[C@H](N2CCc3cc(C(=O)NO)cnc3C2)CC12CN(C1CC1)C2. The van der Waals surface area contributed by atoms with Gasteiger partial charge in [0, 0.05) is 44.5 Å². The first-order chi connectivity index (χ1) is 13.6. The maximum absolute atomic E-state index is 11.7. The van der Waals surface area contributed by atoms with Gasteiger partial charge in [-0.25, -0.2) is 5.48 Å². The van der Waals surface area contributed by atoms with Gasteiger partial charge in [-0.1, -0.05) is 19.8 Å². The predicted octanol–water partition coefficient (Wildman–Crippen LogP) is 2.60. The number of fused-ring (bicyclic) bond motifs is 1. The highest BCUT2D eigenvalue weighted by Gasteiger charge is 2.52. The highest BCUT2D eigenvalue weighted by Crippen LogP contribution is 2.50. The number of carbonyl (C=O) groups excluding carboxylic acids is 1. The lowest BCUT2D eigenvalue weighted by Crippen LogP contribution is -2.61. The van der Waals surface area contributed by atoms with Crippen LogP contribution in [0.3, 0.4) is 0 Å². The van der Waals surface area contributed by atoms with Gasteiger partial charge in [-0.2, -0.15) is 0 Å². The zero-order valence-electron chi connectivity index (χ0n) is 16.9. The van der Waals surface area contributed by atoms with Gasteiger partial charge in [-0.15, -0.1) is 0 Å². The van der Waals surface area contributed by atoms with E-state index in [1.54, 1.807) is 11.7 Å². The normalized spacial score (nSPS) is 30.4. The number of hydrogen-bond donors (Lipinski definition) is 2. The summed E-state index contributed by atoms with van der Waals surface area (Å²) in [5, 5.41) is 8.85. The minimum absolute atomic E-state index is 0.437. The van der Waals surface area contributed by atoms with Gasteiger partial charge in [0.1, 0.15) is 0 Å². The quantitative estimate of drug-likeness (QED) is 0.619. The monoisotopic (exact) mass is 384 g/mol. The third kappa shape index (κ3) is 3.25. The second-order valence-electron chi connectivity index (χ2n) is 9.68. The molecule has 0 radical (unpaired) electrons. The number of amides is 1. The average Bonchev–Trinajstić information content (AvgIpc) is 3.52. The summed E-state index contributed by atoms with van der Waals surface area (Å²) in [6.45, 7) is 7.06. The maximum Gasteiger partial charge on any atom is 0.276 e. The molecule has 0 unspecified atom stereocenters. The number of aromatic nitrogens is 1. The van der Waals surface area contributed by atoms with E-state index in [1.165, 1.54) is 51.6 Å². The topological polar surface area (TPSA) is 68.7 Å². The van der Waals surface area contributed by atoms with Crippen LogP contribution in [0.1, 0.15) is 67.1 Å². The van der Waals surface area contributed by atoms with E-state index in [4.69, 9.17) is 5.21 Å². The Morgan fingerprint density at radius 2 is 2.04 bits per heavy atom. The van der Waals surface area contributed by atoms with E-state index in [9.17, 15) is 4.79 Å². The van der Waals surface area contributed by atoms with E-state index < -0.39 is 5.91 Å². The Morgan fingerprint density at radius 3 is 2.79 bits per heavy atom. The molecule has 152 valence electrons. The summed E-state index contributed by atoms with van der Waals surface area (Å²) < 4.78 is 0. The van der Waals surface area contributed by atoms with Crippen molar-refractivity contribution in [1.82, 2.24) is 20.3 Å². The first kappa shape index (κ1) is 18.5. The minimum atomic E-state index is -0.484. The molecule has 2 aliphatic heterocycles. The average molecular weight is 385 g/mol. The lowest BCUT2D eigenvalue weighted by Gasteiger charge is -2.55. The van der Waals surface area contributed by atoms with Crippen molar-refractivity contribution in [3.63, 3.8) is 0 Å². The van der Waals surface area contributed by atoms with Crippen molar-refractivity contribution < 1.29 is 10.0 Å². The van der Waals surface area contributed by atoms with Gasteiger partial charge >= 0.3 is 0 Å². The summed E-state index contributed by atoms with van der Waals surface area (Å²) in [5.74, 6) is 0.352. The summed E-state index contributed by atoms with van der Waals surface area (Å²) in [4.78, 5) is 21.6. The van der Waals surface area contributed by atoms with E-state index in [0.29, 0.717) is 17.0 Å². The highest BCUT2D eigenvalue weighted by molar-refractivity contribution is 5.93. The summed E-state index contributed by atoms with van der Waals surface area (Å²) in [5.41, 5.74) is 4.92. The molecular weight excluding hydrogens is 352 g/mol. The summed E-state index contributed by atoms with van der Waals surface area (Å²) in [7, 11) is 0. The van der Waals surface area contributed by atoms with Gasteiger partial charge in [-0.05, 0) is 55.1 Å². The van der Waals surface area contributed by atoms with E-state index in [2.05, 4.69) is 21.7 Å². The molecule has 2 atom stereocenters. The second-order valence-corrected chi connectivity index (χ2v) is 9.68.